The van der Waals surface area contributed by atoms with Gasteiger partial charge < -0.3 is 14.3 Å². The number of nitrogens with one attached hydrogen (secondary N) is 1. The molecule has 2 heterocycles. The standard InChI is InChI=1S/C21H26N4O3/c1-13-14(2)27-19(22-13)15-8-6-9-16(12-15)23-17(26)10-7-11-18-24-20(25-28-18)21(3,4)5/h6,8-9,12H,7,10-11H2,1-5H3,(H,23,26). The summed E-state index contributed by atoms with van der Waals surface area (Å²) in [6.45, 7) is 9.88. The molecule has 28 heavy (non-hydrogen) atoms. The summed E-state index contributed by atoms with van der Waals surface area (Å²) in [7, 11) is 0. The van der Waals surface area contributed by atoms with E-state index in [-0.39, 0.29) is 11.3 Å². The van der Waals surface area contributed by atoms with Gasteiger partial charge >= 0.3 is 0 Å². The van der Waals surface area contributed by atoms with Gasteiger partial charge in [0.15, 0.2) is 5.82 Å². The Morgan fingerprint density at radius 3 is 2.61 bits per heavy atom. The molecular formula is C21H26N4O3. The van der Waals surface area contributed by atoms with Crippen LogP contribution in [0.3, 0.4) is 0 Å². The molecule has 0 saturated carbocycles. The van der Waals surface area contributed by atoms with Crippen LogP contribution >= 0.6 is 0 Å². The first-order chi connectivity index (χ1) is 13.2. The molecule has 7 nitrogen and oxygen atoms in total. The Labute approximate surface area is 164 Å². The van der Waals surface area contributed by atoms with E-state index >= 15 is 0 Å². The van der Waals surface area contributed by atoms with Crippen molar-refractivity contribution in [1.29, 1.82) is 0 Å². The van der Waals surface area contributed by atoms with Gasteiger partial charge in [0.2, 0.25) is 17.7 Å². The molecule has 0 aliphatic carbocycles. The number of aryl methyl sites for hydroxylation is 3. The lowest BCUT2D eigenvalue weighted by atomic mass is 9.96. The maximum absolute atomic E-state index is 12.3. The zero-order chi connectivity index (χ0) is 20.3. The number of anilines is 1. The van der Waals surface area contributed by atoms with Crippen molar-refractivity contribution in [1.82, 2.24) is 15.1 Å². The maximum Gasteiger partial charge on any atom is 0.226 e. The molecule has 2 aromatic heterocycles. The fraction of sp³-hybridized carbons (Fsp3) is 0.429. The Hall–Kier alpha value is -2.96. The van der Waals surface area contributed by atoms with Gasteiger partial charge in [-0.2, -0.15) is 4.98 Å². The summed E-state index contributed by atoms with van der Waals surface area (Å²) in [6.07, 6.45) is 1.58. The summed E-state index contributed by atoms with van der Waals surface area (Å²) in [5, 5.41) is 6.91. The molecular weight excluding hydrogens is 356 g/mol. The second-order valence-corrected chi connectivity index (χ2v) is 7.90. The van der Waals surface area contributed by atoms with Crippen LogP contribution in [0.25, 0.3) is 11.5 Å². The van der Waals surface area contributed by atoms with Crippen LogP contribution in [0.1, 0.15) is 56.8 Å². The van der Waals surface area contributed by atoms with E-state index in [2.05, 4.69) is 20.4 Å². The fourth-order valence-electron chi connectivity index (χ4n) is 2.61. The minimum absolute atomic E-state index is 0.0625. The fourth-order valence-corrected chi connectivity index (χ4v) is 2.61. The third-order valence-corrected chi connectivity index (χ3v) is 4.36. The van der Waals surface area contributed by atoms with Gasteiger partial charge in [0.05, 0.1) is 5.69 Å². The van der Waals surface area contributed by atoms with Crippen molar-refractivity contribution in [3.05, 3.63) is 47.4 Å². The molecule has 0 bridgehead atoms. The number of carbonyl (C=O) groups excluding carboxylic acids is 1. The highest BCUT2D eigenvalue weighted by Crippen LogP contribution is 2.24. The topological polar surface area (TPSA) is 94.1 Å². The number of aromatic nitrogens is 3. The average molecular weight is 382 g/mol. The van der Waals surface area contributed by atoms with Crippen molar-refractivity contribution in [2.45, 2.75) is 59.3 Å². The minimum atomic E-state index is -0.149. The van der Waals surface area contributed by atoms with Gasteiger partial charge in [-0.25, -0.2) is 4.98 Å². The average Bonchev–Trinajstić information content (AvgIpc) is 3.22. The molecule has 3 rings (SSSR count). The summed E-state index contributed by atoms with van der Waals surface area (Å²) >= 11 is 0. The van der Waals surface area contributed by atoms with Gasteiger partial charge in [0.25, 0.3) is 0 Å². The second kappa shape index (κ2) is 7.96. The highest BCUT2D eigenvalue weighted by Gasteiger charge is 2.20. The highest BCUT2D eigenvalue weighted by atomic mass is 16.5. The van der Waals surface area contributed by atoms with Crippen LogP contribution in [-0.4, -0.2) is 21.0 Å². The number of hydrogen-bond donors (Lipinski definition) is 1. The number of carbonyl (C=O) groups is 1. The van der Waals surface area contributed by atoms with Gasteiger partial charge in [-0.05, 0) is 38.5 Å². The normalized spacial score (nSPS) is 11.6. The Morgan fingerprint density at radius 1 is 1.18 bits per heavy atom. The number of amides is 1. The maximum atomic E-state index is 12.3. The van der Waals surface area contributed by atoms with Gasteiger partial charge in [0, 0.05) is 29.5 Å². The first-order valence-corrected chi connectivity index (χ1v) is 9.40. The number of oxazole rings is 1. The molecule has 0 fully saturated rings. The van der Waals surface area contributed by atoms with Crippen LogP contribution < -0.4 is 5.32 Å². The van der Waals surface area contributed by atoms with E-state index < -0.39 is 0 Å². The van der Waals surface area contributed by atoms with Crippen molar-refractivity contribution in [3.8, 4) is 11.5 Å². The lowest BCUT2D eigenvalue weighted by molar-refractivity contribution is -0.116. The van der Waals surface area contributed by atoms with Crippen molar-refractivity contribution in [2.75, 3.05) is 5.32 Å². The number of rotatable bonds is 6. The zero-order valence-electron chi connectivity index (χ0n) is 17.0. The van der Waals surface area contributed by atoms with Crippen molar-refractivity contribution < 1.29 is 13.7 Å². The van der Waals surface area contributed by atoms with Crippen LogP contribution in [0.2, 0.25) is 0 Å². The number of hydrogen-bond acceptors (Lipinski definition) is 6. The van der Waals surface area contributed by atoms with Crippen molar-refractivity contribution in [2.24, 2.45) is 0 Å². The molecule has 1 aromatic carbocycles. The Bertz CT molecular complexity index is 947. The molecule has 0 atom stereocenters. The van der Waals surface area contributed by atoms with E-state index in [0.717, 1.165) is 17.0 Å². The molecule has 0 spiro atoms. The van der Waals surface area contributed by atoms with Crippen LogP contribution in [0.15, 0.2) is 33.2 Å². The monoisotopic (exact) mass is 382 g/mol. The van der Waals surface area contributed by atoms with E-state index in [1.165, 1.54) is 0 Å². The molecule has 0 unspecified atom stereocenters. The van der Waals surface area contributed by atoms with E-state index in [1.807, 2.05) is 58.9 Å². The van der Waals surface area contributed by atoms with Crippen molar-refractivity contribution >= 4 is 11.6 Å². The summed E-state index contributed by atoms with van der Waals surface area (Å²) < 4.78 is 10.9. The summed E-state index contributed by atoms with van der Waals surface area (Å²) in [6, 6.07) is 7.48. The zero-order valence-corrected chi connectivity index (χ0v) is 17.0. The van der Waals surface area contributed by atoms with Crippen molar-refractivity contribution in [3.63, 3.8) is 0 Å². The van der Waals surface area contributed by atoms with Crippen LogP contribution in [-0.2, 0) is 16.6 Å². The number of benzene rings is 1. The Balaban J connectivity index is 1.54. The van der Waals surface area contributed by atoms with E-state index in [1.54, 1.807) is 0 Å². The minimum Gasteiger partial charge on any atom is -0.441 e. The third-order valence-electron chi connectivity index (χ3n) is 4.36. The summed E-state index contributed by atoms with van der Waals surface area (Å²) in [5.41, 5.74) is 2.25. The van der Waals surface area contributed by atoms with Gasteiger partial charge in [-0.3, -0.25) is 4.79 Å². The third kappa shape index (κ3) is 4.85. The van der Waals surface area contributed by atoms with E-state index in [4.69, 9.17) is 8.94 Å². The van der Waals surface area contributed by atoms with E-state index in [9.17, 15) is 4.79 Å². The molecule has 148 valence electrons. The molecule has 0 aliphatic heterocycles. The van der Waals surface area contributed by atoms with Crippen LogP contribution in [0.5, 0.6) is 0 Å². The summed E-state index contributed by atoms with van der Waals surface area (Å²) in [5.74, 6) is 2.53. The summed E-state index contributed by atoms with van der Waals surface area (Å²) in [4.78, 5) is 21.0. The van der Waals surface area contributed by atoms with Gasteiger partial charge in [-0.1, -0.05) is 32.0 Å². The molecule has 1 N–H and O–H groups in total. The Morgan fingerprint density at radius 2 is 1.96 bits per heavy atom. The highest BCUT2D eigenvalue weighted by molar-refractivity contribution is 5.91. The lowest BCUT2D eigenvalue weighted by Gasteiger charge is -2.10. The molecule has 7 heteroatoms. The molecule has 0 aliphatic rings. The van der Waals surface area contributed by atoms with Crippen LogP contribution in [0.4, 0.5) is 5.69 Å². The Kier molecular flexibility index (Phi) is 5.63. The second-order valence-electron chi connectivity index (χ2n) is 7.90. The molecule has 0 saturated heterocycles. The van der Waals surface area contributed by atoms with Crippen LogP contribution in [0, 0.1) is 13.8 Å². The largest absolute Gasteiger partial charge is 0.441 e. The van der Waals surface area contributed by atoms with Gasteiger partial charge in [-0.15, -0.1) is 0 Å². The SMILES string of the molecule is Cc1nc(-c2cccc(NC(=O)CCCc3nc(C(C)(C)C)no3)c2)oc1C. The predicted octanol–water partition coefficient (Wildman–Crippen LogP) is 4.60. The first-order valence-electron chi connectivity index (χ1n) is 9.40. The molecule has 1 amide bonds. The lowest BCUT2D eigenvalue weighted by Crippen LogP contribution is -2.13. The molecule has 0 radical (unpaired) electrons. The van der Waals surface area contributed by atoms with E-state index in [0.29, 0.717) is 42.6 Å². The first kappa shape index (κ1) is 19.8. The van der Waals surface area contributed by atoms with Gasteiger partial charge in [0.1, 0.15) is 5.76 Å². The quantitative estimate of drug-likeness (QED) is 0.669. The predicted molar refractivity (Wildman–Crippen MR) is 106 cm³/mol. The number of nitrogens with zero attached hydrogens (tertiary/aromatic N) is 3. The smallest absolute Gasteiger partial charge is 0.226 e. The molecule has 3 aromatic rings.